The minimum absolute atomic E-state index is 0.175. The molecule has 3 atom stereocenters. The summed E-state index contributed by atoms with van der Waals surface area (Å²) in [5, 5.41) is 22.0. The van der Waals surface area contributed by atoms with Crippen LogP contribution in [-0.2, 0) is 28.6 Å². The quantitative estimate of drug-likeness (QED) is 0.0267. The Balaban J connectivity index is 4.31. The Morgan fingerprint density at radius 3 is 1.30 bits per heavy atom. The molecule has 0 aromatic heterocycles. The van der Waals surface area contributed by atoms with Gasteiger partial charge in [0.2, 0.25) is 0 Å². The Bertz CT molecular complexity index is 871. The minimum atomic E-state index is -1.46. The third-order valence-corrected chi connectivity index (χ3v) is 10.3. The van der Waals surface area contributed by atoms with Gasteiger partial charge in [0.05, 0.1) is 6.61 Å². The summed E-state index contributed by atoms with van der Waals surface area (Å²) in [6.07, 6.45) is 35.3. The molecular formula is C44H83NO9. The number of unbranched alkanes of at least 4 members (excludes halogenated alkanes) is 28. The van der Waals surface area contributed by atoms with Gasteiger partial charge in [-0.1, -0.05) is 199 Å². The Morgan fingerprint density at radius 1 is 0.519 bits per heavy atom. The largest absolute Gasteiger partial charge is 0.481 e. The Morgan fingerprint density at radius 2 is 0.907 bits per heavy atom. The summed E-state index contributed by atoms with van der Waals surface area (Å²) in [5.41, 5.74) is 0. The number of ether oxygens (including phenoxy) is 3. The molecule has 10 heteroatoms. The van der Waals surface area contributed by atoms with E-state index in [1.54, 1.807) is 0 Å². The van der Waals surface area contributed by atoms with Crippen LogP contribution in [0.5, 0.6) is 0 Å². The molecule has 10 nitrogen and oxygen atoms in total. The maximum Gasteiger partial charge on any atom is 0.334 e. The Labute approximate surface area is 330 Å². The normalized spacial score (nSPS) is 13.0. The molecule has 0 amide bonds. The summed E-state index contributed by atoms with van der Waals surface area (Å²) in [7, 11) is 0. The van der Waals surface area contributed by atoms with Crippen LogP contribution >= 0.6 is 0 Å². The van der Waals surface area contributed by atoms with E-state index in [2.05, 4.69) is 19.0 Å². The molecule has 2 N–H and O–H groups in total. The SMILES string of the molecule is CCCCCCCCCCCCCCCCCC(=O)OC(COC(=O)C(CCC(=O)O)N=O)COC(O)CCCCCCCCCCCCCCCCC. The molecule has 3 unspecified atom stereocenters. The van der Waals surface area contributed by atoms with Crippen LogP contribution in [0.4, 0.5) is 0 Å². The number of nitroso groups, excluding NO2 is 1. The number of carboxylic acid groups (broad SMARTS) is 1. The predicted octanol–water partition coefficient (Wildman–Crippen LogP) is 12.3. The van der Waals surface area contributed by atoms with Crippen molar-refractivity contribution in [1.29, 1.82) is 0 Å². The van der Waals surface area contributed by atoms with Crippen molar-refractivity contribution in [3.8, 4) is 0 Å². The van der Waals surface area contributed by atoms with Crippen LogP contribution < -0.4 is 0 Å². The third-order valence-electron chi connectivity index (χ3n) is 10.3. The lowest BCUT2D eigenvalue weighted by atomic mass is 10.0. The van der Waals surface area contributed by atoms with Gasteiger partial charge in [0.25, 0.3) is 0 Å². The first-order valence-corrected chi connectivity index (χ1v) is 22.5. The number of carbonyl (C=O) groups is 3. The molecule has 0 aromatic carbocycles. The molecule has 0 aromatic rings. The van der Waals surface area contributed by atoms with Crippen molar-refractivity contribution in [2.45, 2.75) is 251 Å². The fourth-order valence-electron chi connectivity index (χ4n) is 6.74. The summed E-state index contributed by atoms with van der Waals surface area (Å²) < 4.78 is 16.3. The van der Waals surface area contributed by atoms with E-state index in [1.807, 2.05) is 0 Å². The van der Waals surface area contributed by atoms with Crippen LogP contribution in [0.15, 0.2) is 5.18 Å². The summed E-state index contributed by atoms with van der Waals surface area (Å²) >= 11 is 0. The summed E-state index contributed by atoms with van der Waals surface area (Å²) in [6.45, 7) is 3.95. The average molecular weight is 770 g/mol. The van der Waals surface area contributed by atoms with Gasteiger partial charge >= 0.3 is 17.9 Å². The van der Waals surface area contributed by atoms with E-state index in [-0.39, 0.29) is 26.1 Å². The number of hydrogen-bond acceptors (Lipinski definition) is 9. The van der Waals surface area contributed by atoms with Gasteiger partial charge in [-0.05, 0) is 25.7 Å². The fraction of sp³-hybridized carbons (Fsp3) is 0.932. The van der Waals surface area contributed by atoms with E-state index >= 15 is 0 Å². The smallest absolute Gasteiger partial charge is 0.334 e. The zero-order chi connectivity index (χ0) is 39.7. The van der Waals surface area contributed by atoms with Gasteiger partial charge in [0.15, 0.2) is 18.4 Å². The molecule has 0 fully saturated rings. The second-order valence-electron chi connectivity index (χ2n) is 15.5. The predicted molar refractivity (Wildman–Crippen MR) is 218 cm³/mol. The molecule has 318 valence electrons. The molecule has 0 rings (SSSR count). The highest BCUT2D eigenvalue weighted by atomic mass is 16.6. The number of nitrogens with zero attached hydrogens (tertiary/aromatic N) is 1. The van der Waals surface area contributed by atoms with Crippen molar-refractivity contribution in [3.63, 3.8) is 0 Å². The monoisotopic (exact) mass is 770 g/mol. The second kappa shape index (κ2) is 40.6. The van der Waals surface area contributed by atoms with Gasteiger partial charge in [0.1, 0.15) is 6.61 Å². The van der Waals surface area contributed by atoms with Gasteiger partial charge in [-0.25, -0.2) is 4.79 Å². The van der Waals surface area contributed by atoms with Crippen molar-refractivity contribution >= 4 is 17.9 Å². The summed E-state index contributed by atoms with van der Waals surface area (Å²) in [5.74, 6) is -2.58. The fourth-order valence-corrected chi connectivity index (χ4v) is 6.74. The van der Waals surface area contributed by atoms with Gasteiger partial charge in [-0.15, -0.1) is 4.91 Å². The van der Waals surface area contributed by atoms with Crippen LogP contribution in [0.3, 0.4) is 0 Å². The lowest BCUT2D eigenvalue weighted by molar-refractivity contribution is -0.174. The standard InChI is InChI=1S/C44H83NO9/c1-3-5-7-9-11-13-15-17-19-21-23-25-27-29-31-33-42(48)52-37-39(38-53-44(50)40(45-51)35-36-41(46)47)54-43(49)34-32-30-28-26-24-22-20-18-16-14-12-10-8-6-4-2/h39-40,42,48H,3-38H2,1-2H3,(H,46,47). The van der Waals surface area contributed by atoms with Crippen molar-refractivity contribution in [1.82, 2.24) is 0 Å². The number of aliphatic hydroxyl groups is 1. The number of aliphatic carboxylic acids is 1. The van der Waals surface area contributed by atoms with Crippen LogP contribution in [0.1, 0.15) is 232 Å². The lowest BCUT2D eigenvalue weighted by Gasteiger charge is -2.21. The van der Waals surface area contributed by atoms with Crippen LogP contribution in [0.2, 0.25) is 0 Å². The van der Waals surface area contributed by atoms with E-state index in [0.29, 0.717) is 12.8 Å². The highest BCUT2D eigenvalue weighted by Gasteiger charge is 2.25. The topological polar surface area (TPSA) is 149 Å². The molecule has 0 saturated carbocycles. The van der Waals surface area contributed by atoms with Crippen LogP contribution in [0.25, 0.3) is 0 Å². The molecule has 0 bridgehead atoms. The second-order valence-corrected chi connectivity index (χ2v) is 15.5. The molecule has 0 radical (unpaired) electrons. The number of carbonyl (C=O) groups excluding carboxylic acids is 2. The molecule has 0 aliphatic heterocycles. The number of carboxylic acids is 1. The molecule has 0 aliphatic rings. The van der Waals surface area contributed by atoms with Crippen molar-refractivity contribution < 1.29 is 38.8 Å². The van der Waals surface area contributed by atoms with Gasteiger partial charge in [0, 0.05) is 12.8 Å². The maximum absolute atomic E-state index is 12.7. The first-order chi connectivity index (χ1) is 26.3. The third kappa shape index (κ3) is 36.9. The van der Waals surface area contributed by atoms with Gasteiger partial charge in [-0.3, -0.25) is 9.59 Å². The van der Waals surface area contributed by atoms with Crippen molar-refractivity contribution in [2.75, 3.05) is 13.2 Å². The minimum Gasteiger partial charge on any atom is -0.481 e. The molecule has 54 heavy (non-hydrogen) atoms. The van der Waals surface area contributed by atoms with E-state index < -0.39 is 42.8 Å². The molecule has 0 aliphatic carbocycles. The highest BCUT2D eigenvalue weighted by Crippen LogP contribution is 2.17. The number of esters is 2. The summed E-state index contributed by atoms with van der Waals surface area (Å²) in [4.78, 5) is 47.0. The zero-order valence-corrected chi connectivity index (χ0v) is 34.9. The van der Waals surface area contributed by atoms with Crippen molar-refractivity contribution in [2.24, 2.45) is 5.18 Å². The first-order valence-electron chi connectivity index (χ1n) is 22.5. The van der Waals surface area contributed by atoms with Crippen LogP contribution in [0, 0.1) is 4.91 Å². The Hall–Kier alpha value is -2.07. The Kier molecular flexibility index (Phi) is 39.0. The lowest BCUT2D eigenvalue weighted by Crippen LogP contribution is -2.33. The molecular weight excluding hydrogens is 686 g/mol. The zero-order valence-electron chi connectivity index (χ0n) is 34.9. The average Bonchev–Trinajstić information content (AvgIpc) is 3.15. The number of hydrogen-bond donors (Lipinski definition) is 2. The molecule has 0 heterocycles. The van der Waals surface area contributed by atoms with Crippen molar-refractivity contribution in [3.05, 3.63) is 4.91 Å². The van der Waals surface area contributed by atoms with E-state index in [0.717, 1.165) is 38.5 Å². The maximum atomic E-state index is 12.7. The highest BCUT2D eigenvalue weighted by molar-refractivity contribution is 5.77. The first kappa shape index (κ1) is 51.9. The van der Waals surface area contributed by atoms with Gasteiger partial charge in [-0.2, -0.15) is 0 Å². The molecule has 0 saturated heterocycles. The van der Waals surface area contributed by atoms with Gasteiger partial charge < -0.3 is 24.4 Å². The van der Waals surface area contributed by atoms with E-state index in [1.165, 1.54) is 148 Å². The number of aliphatic hydroxyl groups excluding tert-OH is 1. The molecule has 0 spiro atoms. The van der Waals surface area contributed by atoms with E-state index in [4.69, 9.17) is 19.3 Å². The van der Waals surface area contributed by atoms with E-state index in [9.17, 15) is 24.4 Å². The number of rotatable bonds is 43. The van der Waals surface area contributed by atoms with Crippen LogP contribution in [-0.4, -0.2) is 59.8 Å². The summed E-state index contributed by atoms with van der Waals surface area (Å²) in [6, 6.07) is -1.46.